The number of benzene rings is 1. The molecule has 1 aromatic carbocycles. The second kappa shape index (κ2) is 6.91. The number of rotatable bonds is 5. The van der Waals surface area contributed by atoms with E-state index >= 15 is 0 Å². The molecule has 128 valence electrons. The molecular weight excluding hydrogens is 322 g/mol. The summed E-state index contributed by atoms with van der Waals surface area (Å²) in [4.78, 5) is 7.04. The Kier molecular flexibility index (Phi) is 4.87. The number of aromatic nitrogens is 1. The zero-order valence-corrected chi connectivity index (χ0v) is 14.9. The van der Waals surface area contributed by atoms with E-state index in [1.54, 1.807) is 12.3 Å². The van der Waals surface area contributed by atoms with Gasteiger partial charge in [0.15, 0.2) is 0 Å². The molecule has 0 amide bonds. The number of nitrogens with zero attached hydrogens (tertiary/aromatic N) is 2. The molecule has 0 atom stereocenters. The average molecular weight is 345 g/mol. The highest BCUT2D eigenvalue weighted by Gasteiger charge is 2.17. The van der Waals surface area contributed by atoms with Crippen molar-refractivity contribution in [3.8, 4) is 0 Å². The molecule has 0 radical (unpaired) electrons. The zero-order chi connectivity index (χ0) is 17.2. The van der Waals surface area contributed by atoms with E-state index < -0.39 is 10.0 Å². The Morgan fingerprint density at radius 1 is 1.12 bits per heavy atom. The summed E-state index contributed by atoms with van der Waals surface area (Å²) in [6.45, 7) is 6.10. The first-order valence-corrected chi connectivity index (χ1v) is 9.71. The molecule has 6 heteroatoms. The van der Waals surface area contributed by atoms with Crippen LogP contribution >= 0.6 is 0 Å². The minimum Gasteiger partial charge on any atom is -0.357 e. The molecule has 1 N–H and O–H groups in total. The average Bonchev–Trinajstić information content (AvgIpc) is 3.07. The van der Waals surface area contributed by atoms with Gasteiger partial charge in [0, 0.05) is 25.8 Å². The normalized spacial score (nSPS) is 15.0. The Morgan fingerprint density at radius 3 is 2.50 bits per heavy atom. The van der Waals surface area contributed by atoms with E-state index in [4.69, 9.17) is 0 Å². The molecule has 24 heavy (non-hydrogen) atoms. The molecule has 1 aliphatic rings. The highest BCUT2D eigenvalue weighted by Crippen LogP contribution is 2.19. The minimum absolute atomic E-state index is 0.239. The number of pyridine rings is 1. The molecule has 5 nitrogen and oxygen atoms in total. The van der Waals surface area contributed by atoms with Crippen LogP contribution in [0.15, 0.2) is 41.4 Å². The van der Waals surface area contributed by atoms with Crippen LogP contribution in [-0.2, 0) is 16.6 Å². The van der Waals surface area contributed by atoms with Crippen LogP contribution in [0, 0.1) is 13.8 Å². The quantitative estimate of drug-likeness (QED) is 0.905. The third-order valence-electron chi connectivity index (χ3n) is 4.33. The van der Waals surface area contributed by atoms with Gasteiger partial charge in [-0.3, -0.25) is 0 Å². The lowest BCUT2D eigenvalue weighted by Crippen LogP contribution is -2.24. The first-order chi connectivity index (χ1) is 11.5. The molecule has 0 bridgehead atoms. The lowest BCUT2D eigenvalue weighted by molar-refractivity contribution is 0.580. The molecule has 1 aromatic heterocycles. The van der Waals surface area contributed by atoms with Gasteiger partial charge in [0.1, 0.15) is 5.82 Å². The Bertz CT molecular complexity index is 811. The second-order valence-corrected chi connectivity index (χ2v) is 8.05. The molecular formula is C18H23N3O2S. The molecule has 0 unspecified atom stereocenters. The Balaban J connectivity index is 1.68. The van der Waals surface area contributed by atoms with Crippen LogP contribution in [0.25, 0.3) is 0 Å². The van der Waals surface area contributed by atoms with Gasteiger partial charge in [-0.1, -0.05) is 23.8 Å². The van der Waals surface area contributed by atoms with Crippen molar-refractivity contribution in [1.29, 1.82) is 0 Å². The summed E-state index contributed by atoms with van der Waals surface area (Å²) >= 11 is 0. The number of aryl methyl sites for hydroxylation is 2. The van der Waals surface area contributed by atoms with Gasteiger partial charge in [-0.15, -0.1) is 0 Å². The number of hydrogen-bond acceptors (Lipinski definition) is 4. The van der Waals surface area contributed by atoms with E-state index in [2.05, 4.69) is 14.6 Å². The summed E-state index contributed by atoms with van der Waals surface area (Å²) in [6.07, 6.45) is 4.16. The smallest absolute Gasteiger partial charge is 0.241 e. The topological polar surface area (TPSA) is 62.3 Å². The number of anilines is 1. The van der Waals surface area contributed by atoms with Crippen LogP contribution in [0.4, 0.5) is 5.82 Å². The zero-order valence-electron chi connectivity index (χ0n) is 14.1. The van der Waals surface area contributed by atoms with E-state index in [1.165, 1.54) is 12.8 Å². The Hall–Kier alpha value is -1.92. The highest BCUT2D eigenvalue weighted by atomic mass is 32.2. The molecule has 1 saturated heterocycles. The van der Waals surface area contributed by atoms with Crippen LogP contribution in [0.5, 0.6) is 0 Å². The Labute approximate surface area is 143 Å². The van der Waals surface area contributed by atoms with E-state index in [1.807, 2.05) is 38.1 Å². The molecule has 3 rings (SSSR count). The van der Waals surface area contributed by atoms with Crippen LogP contribution < -0.4 is 9.62 Å². The third-order valence-corrected chi connectivity index (χ3v) is 5.89. The predicted molar refractivity (Wildman–Crippen MR) is 95.6 cm³/mol. The molecule has 1 aliphatic heterocycles. The fourth-order valence-electron chi connectivity index (χ4n) is 3.01. The molecule has 0 saturated carbocycles. The van der Waals surface area contributed by atoms with Crippen molar-refractivity contribution in [1.82, 2.24) is 9.71 Å². The van der Waals surface area contributed by atoms with Gasteiger partial charge < -0.3 is 4.90 Å². The predicted octanol–water partition coefficient (Wildman–Crippen LogP) is 2.78. The fraction of sp³-hybridized carbons (Fsp3) is 0.389. The van der Waals surface area contributed by atoms with E-state index in [0.717, 1.165) is 35.6 Å². The van der Waals surface area contributed by atoms with E-state index in [-0.39, 0.29) is 6.54 Å². The van der Waals surface area contributed by atoms with Crippen molar-refractivity contribution in [2.75, 3.05) is 18.0 Å². The molecule has 2 aromatic rings. The number of nitrogens with one attached hydrogen (secondary N) is 1. The third kappa shape index (κ3) is 3.76. The largest absolute Gasteiger partial charge is 0.357 e. The summed E-state index contributed by atoms with van der Waals surface area (Å²) in [5.74, 6) is 0.966. The van der Waals surface area contributed by atoms with E-state index in [9.17, 15) is 8.42 Å². The molecule has 0 spiro atoms. The second-order valence-electron chi connectivity index (χ2n) is 6.31. The molecule has 2 heterocycles. The maximum Gasteiger partial charge on any atom is 0.241 e. The van der Waals surface area contributed by atoms with Crippen LogP contribution in [0.1, 0.15) is 29.5 Å². The van der Waals surface area contributed by atoms with Crippen molar-refractivity contribution in [3.05, 3.63) is 53.2 Å². The fourth-order valence-corrected chi connectivity index (χ4v) is 4.25. The van der Waals surface area contributed by atoms with Crippen LogP contribution in [-0.4, -0.2) is 26.5 Å². The van der Waals surface area contributed by atoms with Crippen molar-refractivity contribution in [2.24, 2.45) is 0 Å². The Morgan fingerprint density at radius 2 is 1.88 bits per heavy atom. The maximum atomic E-state index is 12.5. The summed E-state index contributed by atoms with van der Waals surface area (Å²) in [7, 11) is -3.52. The van der Waals surface area contributed by atoms with Crippen molar-refractivity contribution in [2.45, 2.75) is 38.1 Å². The van der Waals surface area contributed by atoms with Gasteiger partial charge in [0.25, 0.3) is 0 Å². The first-order valence-electron chi connectivity index (χ1n) is 8.22. The highest BCUT2D eigenvalue weighted by molar-refractivity contribution is 7.89. The van der Waals surface area contributed by atoms with Gasteiger partial charge in [0.05, 0.1) is 4.90 Å². The molecule has 0 aliphatic carbocycles. The van der Waals surface area contributed by atoms with Crippen molar-refractivity contribution < 1.29 is 8.42 Å². The lowest BCUT2D eigenvalue weighted by Gasteiger charge is -2.16. The van der Waals surface area contributed by atoms with Gasteiger partial charge in [0.2, 0.25) is 10.0 Å². The first kappa shape index (κ1) is 16.9. The summed E-state index contributed by atoms with van der Waals surface area (Å²) in [6, 6.07) is 9.24. The van der Waals surface area contributed by atoms with Gasteiger partial charge >= 0.3 is 0 Å². The molecule has 1 fully saturated rings. The summed E-state index contributed by atoms with van der Waals surface area (Å²) in [5.41, 5.74) is 2.66. The van der Waals surface area contributed by atoms with Gasteiger partial charge in [-0.05, 0) is 49.9 Å². The summed E-state index contributed by atoms with van der Waals surface area (Å²) < 4.78 is 27.6. The van der Waals surface area contributed by atoms with Crippen molar-refractivity contribution in [3.63, 3.8) is 0 Å². The standard InChI is InChI=1S/C18H23N3O2S/c1-14-5-7-17(15(2)11-14)24(22,23)20-13-16-6-8-18(19-12-16)21-9-3-4-10-21/h5-8,11-12,20H,3-4,9-10,13H2,1-2H3. The van der Waals surface area contributed by atoms with Gasteiger partial charge in [-0.25, -0.2) is 18.1 Å². The van der Waals surface area contributed by atoms with Crippen LogP contribution in [0.3, 0.4) is 0 Å². The monoisotopic (exact) mass is 345 g/mol. The van der Waals surface area contributed by atoms with Crippen LogP contribution in [0.2, 0.25) is 0 Å². The summed E-state index contributed by atoms with van der Waals surface area (Å²) in [5, 5.41) is 0. The van der Waals surface area contributed by atoms with Crippen molar-refractivity contribution >= 4 is 15.8 Å². The maximum absolute atomic E-state index is 12.5. The SMILES string of the molecule is Cc1ccc(S(=O)(=O)NCc2ccc(N3CCCC3)nc2)c(C)c1. The lowest BCUT2D eigenvalue weighted by atomic mass is 10.2. The van der Waals surface area contributed by atoms with Gasteiger partial charge in [-0.2, -0.15) is 0 Å². The van der Waals surface area contributed by atoms with E-state index in [0.29, 0.717) is 4.90 Å². The number of hydrogen-bond donors (Lipinski definition) is 1. The minimum atomic E-state index is -3.52. The number of sulfonamides is 1.